The van der Waals surface area contributed by atoms with Crippen LogP contribution in [0.4, 0.5) is 5.69 Å². The molecular formula is C15H25N3O2. The zero-order valence-corrected chi connectivity index (χ0v) is 12.4. The summed E-state index contributed by atoms with van der Waals surface area (Å²) in [5.74, 6) is 0.753. The van der Waals surface area contributed by atoms with Crippen molar-refractivity contribution in [3.63, 3.8) is 0 Å². The second-order valence-corrected chi connectivity index (χ2v) is 4.54. The maximum atomic E-state index is 11.6. The highest BCUT2D eigenvalue weighted by molar-refractivity contribution is 5.75. The van der Waals surface area contributed by atoms with E-state index >= 15 is 0 Å². The van der Waals surface area contributed by atoms with Crippen molar-refractivity contribution < 1.29 is 9.53 Å². The number of benzene rings is 1. The third-order valence-electron chi connectivity index (χ3n) is 3.12. The predicted octanol–water partition coefficient (Wildman–Crippen LogP) is 1.50. The van der Waals surface area contributed by atoms with Gasteiger partial charge in [0.05, 0.1) is 13.0 Å². The van der Waals surface area contributed by atoms with Gasteiger partial charge in [-0.25, -0.2) is 0 Å². The number of nitrogens with one attached hydrogen (secondary N) is 1. The molecule has 112 valence electrons. The Hall–Kier alpha value is -1.75. The minimum Gasteiger partial charge on any atom is -0.493 e. The Balaban J connectivity index is 2.12. The molecule has 0 bridgehead atoms. The molecule has 1 amide bonds. The molecule has 1 aromatic carbocycles. The average Bonchev–Trinajstić information content (AvgIpc) is 2.46. The van der Waals surface area contributed by atoms with Crippen molar-refractivity contribution in [3.8, 4) is 5.75 Å². The molecule has 0 unspecified atom stereocenters. The molecule has 0 radical (unpaired) electrons. The van der Waals surface area contributed by atoms with Crippen LogP contribution in [-0.4, -0.2) is 43.6 Å². The summed E-state index contributed by atoms with van der Waals surface area (Å²) in [6, 6.07) is 7.15. The summed E-state index contributed by atoms with van der Waals surface area (Å²) in [6.07, 6.45) is 0.364. The molecule has 0 aliphatic rings. The number of ether oxygens (including phenoxy) is 1. The first kappa shape index (κ1) is 16.3. The number of rotatable bonds is 9. The fourth-order valence-corrected chi connectivity index (χ4v) is 1.81. The average molecular weight is 279 g/mol. The molecule has 0 aromatic heterocycles. The normalized spacial score (nSPS) is 10.6. The Morgan fingerprint density at radius 3 is 2.50 bits per heavy atom. The zero-order chi connectivity index (χ0) is 14.8. The van der Waals surface area contributed by atoms with E-state index in [0.29, 0.717) is 25.3 Å². The van der Waals surface area contributed by atoms with Crippen molar-refractivity contribution in [1.29, 1.82) is 0 Å². The third kappa shape index (κ3) is 6.43. The van der Waals surface area contributed by atoms with Crippen LogP contribution in [0.3, 0.4) is 0 Å². The van der Waals surface area contributed by atoms with Gasteiger partial charge in [-0.05, 0) is 37.4 Å². The molecule has 3 N–H and O–H groups in total. The molecule has 0 spiro atoms. The highest BCUT2D eigenvalue weighted by Crippen LogP contribution is 2.12. The fourth-order valence-electron chi connectivity index (χ4n) is 1.81. The van der Waals surface area contributed by atoms with Gasteiger partial charge in [-0.15, -0.1) is 0 Å². The molecule has 0 fully saturated rings. The monoisotopic (exact) mass is 279 g/mol. The fraction of sp³-hybridized carbons (Fsp3) is 0.533. The molecule has 1 rings (SSSR count). The van der Waals surface area contributed by atoms with Gasteiger partial charge >= 0.3 is 0 Å². The van der Waals surface area contributed by atoms with Crippen LogP contribution in [0.2, 0.25) is 0 Å². The molecule has 0 heterocycles. The molecule has 0 atom stereocenters. The van der Waals surface area contributed by atoms with Crippen LogP contribution in [0, 0.1) is 0 Å². The van der Waals surface area contributed by atoms with E-state index in [2.05, 4.69) is 24.1 Å². The lowest BCUT2D eigenvalue weighted by Gasteiger charge is -2.17. The largest absolute Gasteiger partial charge is 0.493 e. The van der Waals surface area contributed by atoms with Crippen LogP contribution in [0.1, 0.15) is 20.3 Å². The molecule has 5 nitrogen and oxygen atoms in total. The number of hydrogen-bond donors (Lipinski definition) is 2. The minimum atomic E-state index is 0.0209. The van der Waals surface area contributed by atoms with Crippen molar-refractivity contribution in [2.24, 2.45) is 0 Å². The SMILES string of the molecule is CCN(CC)CCNC(=O)CCOc1ccc(N)cc1. The lowest BCUT2D eigenvalue weighted by Crippen LogP contribution is -2.35. The zero-order valence-electron chi connectivity index (χ0n) is 12.4. The molecule has 20 heavy (non-hydrogen) atoms. The number of nitrogen functional groups attached to an aromatic ring is 1. The molecule has 0 aliphatic carbocycles. The molecule has 0 aliphatic heterocycles. The van der Waals surface area contributed by atoms with Crippen molar-refractivity contribution in [1.82, 2.24) is 10.2 Å². The van der Waals surface area contributed by atoms with Crippen LogP contribution in [-0.2, 0) is 4.79 Å². The summed E-state index contributed by atoms with van der Waals surface area (Å²) in [5.41, 5.74) is 6.28. The summed E-state index contributed by atoms with van der Waals surface area (Å²) in [5, 5.41) is 2.90. The second kappa shape index (κ2) is 9.20. The first-order valence-corrected chi connectivity index (χ1v) is 7.13. The van der Waals surface area contributed by atoms with Crippen molar-refractivity contribution >= 4 is 11.6 Å². The van der Waals surface area contributed by atoms with Gasteiger partial charge in [0.2, 0.25) is 5.91 Å². The molecular weight excluding hydrogens is 254 g/mol. The highest BCUT2D eigenvalue weighted by Gasteiger charge is 2.03. The van der Waals surface area contributed by atoms with Crippen molar-refractivity contribution in [3.05, 3.63) is 24.3 Å². The number of nitrogens with zero attached hydrogens (tertiary/aromatic N) is 1. The Kier molecular flexibility index (Phi) is 7.50. The van der Waals surface area contributed by atoms with Gasteiger partial charge in [-0.2, -0.15) is 0 Å². The first-order chi connectivity index (χ1) is 9.65. The standard InChI is InChI=1S/C15H25N3O2/c1-3-18(4-2)11-10-17-15(19)9-12-20-14-7-5-13(16)6-8-14/h5-8H,3-4,9-12,16H2,1-2H3,(H,17,19). The van der Waals surface area contributed by atoms with Gasteiger partial charge in [-0.3, -0.25) is 4.79 Å². The van der Waals surface area contributed by atoms with E-state index in [9.17, 15) is 4.79 Å². The van der Waals surface area contributed by atoms with Gasteiger partial charge in [0.15, 0.2) is 0 Å². The quantitative estimate of drug-likeness (QED) is 0.672. The van der Waals surface area contributed by atoms with E-state index in [4.69, 9.17) is 10.5 Å². The van der Waals surface area contributed by atoms with Gasteiger partial charge in [0, 0.05) is 18.8 Å². The first-order valence-electron chi connectivity index (χ1n) is 7.13. The second-order valence-electron chi connectivity index (χ2n) is 4.54. The number of anilines is 1. The molecule has 0 saturated heterocycles. The molecule has 0 saturated carbocycles. The van der Waals surface area contributed by atoms with E-state index in [1.807, 2.05) is 0 Å². The number of amides is 1. The maximum absolute atomic E-state index is 11.6. The van der Waals surface area contributed by atoms with Crippen molar-refractivity contribution in [2.45, 2.75) is 20.3 Å². The smallest absolute Gasteiger partial charge is 0.223 e. The Bertz CT molecular complexity index is 389. The van der Waals surface area contributed by atoms with E-state index in [0.717, 1.165) is 25.4 Å². The maximum Gasteiger partial charge on any atom is 0.223 e. The Morgan fingerprint density at radius 1 is 1.25 bits per heavy atom. The Morgan fingerprint density at radius 2 is 1.90 bits per heavy atom. The lowest BCUT2D eigenvalue weighted by molar-refractivity contribution is -0.121. The summed E-state index contributed by atoms with van der Waals surface area (Å²) in [7, 11) is 0. The topological polar surface area (TPSA) is 67.6 Å². The number of likely N-dealkylation sites (N-methyl/N-ethyl adjacent to an activating group) is 1. The third-order valence-corrected chi connectivity index (χ3v) is 3.12. The Labute approximate surface area is 121 Å². The number of hydrogen-bond acceptors (Lipinski definition) is 4. The number of nitrogens with two attached hydrogens (primary N) is 1. The predicted molar refractivity (Wildman–Crippen MR) is 81.8 cm³/mol. The summed E-state index contributed by atoms with van der Waals surface area (Å²) in [4.78, 5) is 13.9. The summed E-state index contributed by atoms with van der Waals surface area (Å²) >= 11 is 0. The van der Waals surface area contributed by atoms with Gasteiger partial charge < -0.3 is 20.7 Å². The molecule has 1 aromatic rings. The van der Waals surface area contributed by atoms with Crippen LogP contribution in [0.5, 0.6) is 5.75 Å². The van der Waals surface area contributed by atoms with Crippen LogP contribution in [0.15, 0.2) is 24.3 Å². The lowest BCUT2D eigenvalue weighted by atomic mass is 10.3. The van der Waals surface area contributed by atoms with E-state index in [1.54, 1.807) is 24.3 Å². The summed E-state index contributed by atoms with van der Waals surface area (Å²) < 4.78 is 5.47. The minimum absolute atomic E-state index is 0.0209. The van der Waals surface area contributed by atoms with E-state index in [1.165, 1.54) is 0 Å². The van der Waals surface area contributed by atoms with Crippen LogP contribution >= 0.6 is 0 Å². The van der Waals surface area contributed by atoms with Crippen LogP contribution < -0.4 is 15.8 Å². The highest BCUT2D eigenvalue weighted by atomic mass is 16.5. The van der Waals surface area contributed by atoms with E-state index in [-0.39, 0.29) is 5.91 Å². The number of carbonyl (C=O) groups excluding carboxylic acids is 1. The van der Waals surface area contributed by atoms with Gasteiger partial charge in [0.25, 0.3) is 0 Å². The van der Waals surface area contributed by atoms with E-state index < -0.39 is 0 Å². The van der Waals surface area contributed by atoms with Gasteiger partial charge in [-0.1, -0.05) is 13.8 Å². The van der Waals surface area contributed by atoms with Gasteiger partial charge in [0.1, 0.15) is 5.75 Å². The summed E-state index contributed by atoms with van der Waals surface area (Å²) in [6.45, 7) is 8.19. The van der Waals surface area contributed by atoms with Crippen LogP contribution in [0.25, 0.3) is 0 Å². The van der Waals surface area contributed by atoms with Crippen molar-refractivity contribution in [2.75, 3.05) is 38.5 Å². The molecule has 5 heteroatoms. The number of carbonyl (C=O) groups is 1.